The van der Waals surface area contributed by atoms with Crippen molar-refractivity contribution in [2.75, 3.05) is 45.7 Å². The molecule has 2 saturated heterocycles. The topological polar surface area (TPSA) is 102 Å². The van der Waals surface area contributed by atoms with E-state index >= 15 is 0 Å². The summed E-state index contributed by atoms with van der Waals surface area (Å²) in [4.78, 5) is 56.7. The molecule has 2 heterocycles. The minimum Gasteiger partial charge on any atom is -0.378 e. The van der Waals surface area contributed by atoms with Gasteiger partial charge < -0.3 is 25.3 Å². The Morgan fingerprint density at radius 3 is 2.36 bits per heavy atom. The molecule has 0 aliphatic carbocycles. The number of rotatable bonds is 8. The summed E-state index contributed by atoms with van der Waals surface area (Å²) in [5.41, 5.74) is 1.45. The maximum Gasteiger partial charge on any atom is 0.251 e. The number of nitrogens with zero attached hydrogens (tertiary/aromatic N) is 3. The molecule has 2 fully saturated rings. The lowest BCUT2D eigenvalue weighted by Crippen LogP contribution is -2.53. The summed E-state index contributed by atoms with van der Waals surface area (Å²) in [6, 6.07) is 5.51. The third-order valence-corrected chi connectivity index (χ3v) is 6.31. The number of hydrogen-bond donors (Lipinski definition) is 2. The Morgan fingerprint density at radius 1 is 1.12 bits per heavy atom. The van der Waals surface area contributed by atoms with Gasteiger partial charge in [-0.3, -0.25) is 19.2 Å². The lowest BCUT2D eigenvalue weighted by atomic mass is 10.0. The van der Waals surface area contributed by atoms with Crippen LogP contribution in [-0.2, 0) is 14.4 Å². The van der Waals surface area contributed by atoms with Crippen LogP contribution >= 0.6 is 0 Å². The second kappa shape index (κ2) is 10.3. The van der Waals surface area contributed by atoms with Crippen molar-refractivity contribution in [2.24, 2.45) is 5.92 Å². The van der Waals surface area contributed by atoms with E-state index in [1.54, 1.807) is 29.0 Å². The molecule has 2 N–H and O–H groups in total. The Hall–Kier alpha value is -2.94. The first-order valence-corrected chi connectivity index (χ1v) is 11.5. The van der Waals surface area contributed by atoms with Crippen LogP contribution in [0.5, 0.6) is 0 Å². The lowest BCUT2D eigenvalue weighted by Gasteiger charge is -2.29. The van der Waals surface area contributed by atoms with Crippen molar-refractivity contribution in [1.29, 1.82) is 0 Å². The number of hydrogen-bond acceptors (Lipinski definition) is 6. The second-order valence-corrected chi connectivity index (χ2v) is 9.45. The maximum absolute atomic E-state index is 13.5. The van der Waals surface area contributed by atoms with Gasteiger partial charge in [0.15, 0.2) is 5.78 Å². The van der Waals surface area contributed by atoms with Crippen LogP contribution in [0.15, 0.2) is 24.3 Å². The van der Waals surface area contributed by atoms with Crippen molar-refractivity contribution in [2.45, 2.75) is 44.8 Å². The molecular formula is C24H35N5O4. The molecule has 3 rings (SSSR count). The Kier molecular flexibility index (Phi) is 7.73. The number of fused-ring (bicyclic) bond motifs is 1. The molecule has 180 valence electrons. The van der Waals surface area contributed by atoms with Crippen molar-refractivity contribution in [3.8, 4) is 0 Å². The number of amides is 3. The molecule has 2 aliphatic heterocycles. The van der Waals surface area contributed by atoms with E-state index in [1.807, 2.05) is 45.0 Å². The molecule has 2 aliphatic rings. The number of nitrogens with one attached hydrogen (secondary N) is 2. The molecule has 0 aromatic heterocycles. The highest BCUT2D eigenvalue weighted by molar-refractivity contribution is 6.01. The first kappa shape index (κ1) is 24.7. The van der Waals surface area contributed by atoms with Gasteiger partial charge in [0.25, 0.3) is 5.91 Å². The molecule has 1 aromatic carbocycles. The number of ketones is 1. The quantitative estimate of drug-likeness (QED) is 0.589. The van der Waals surface area contributed by atoms with Crippen LogP contribution in [0, 0.1) is 5.92 Å². The monoisotopic (exact) mass is 457 g/mol. The largest absolute Gasteiger partial charge is 0.378 e. The third kappa shape index (κ3) is 5.35. The van der Waals surface area contributed by atoms with Crippen LogP contribution in [-0.4, -0.2) is 92.2 Å². The highest BCUT2D eigenvalue weighted by Gasteiger charge is 2.52. The Bertz CT molecular complexity index is 899. The van der Waals surface area contributed by atoms with E-state index in [4.69, 9.17) is 0 Å². The van der Waals surface area contributed by atoms with E-state index in [9.17, 15) is 19.2 Å². The van der Waals surface area contributed by atoms with E-state index in [0.29, 0.717) is 24.9 Å². The minimum atomic E-state index is -0.736. The van der Waals surface area contributed by atoms with E-state index < -0.39 is 12.1 Å². The first-order valence-electron chi connectivity index (χ1n) is 11.5. The zero-order chi connectivity index (χ0) is 24.3. The van der Waals surface area contributed by atoms with Gasteiger partial charge in [-0.1, -0.05) is 13.8 Å². The molecule has 0 radical (unpaired) electrons. The fraction of sp³-hybridized carbons (Fsp3) is 0.583. The lowest BCUT2D eigenvalue weighted by molar-refractivity contribution is -0.138. The molecule has 0 spiro atoms. The molecule has 9 nitrogen and oxygen atoms in total. The van der Waals surface area contributed by atoms with E-state index in [2.05, 4.69) is 10.6 Å². The van der Waals surface area contributed by atoms with Crippen LogP contribution in [0.25, 0.3) is 0 Å². The number of carbonyl (C=O) groups excluding carboxylic acids is 4. The average molecular weight is 458 g/mol. The number of anilines is 1. The van der Waals surface area contributed by atoms with Crippen LogP contribution < -0.4 is 15.5 Å². The Morgan fingerprint density at radius 2 is 1.79 bits per heavy atom. The number of likely N-dealkylation sites (tertiary alicyclic amines) is 2. The van der Waals surface area contributed by atoms with Gasteiger partial charge in [-0.05, 0) is 50.1 Å². The highest BCUT2D eigenvalue weighted by atomic mass is 16.2. The van der Waals surface area contributed by atoms with E-state index in [1.165, 1.54) is 0 Å². The molecular weight excluding hydrogens is 422 g/mol. The first-order chi connectivity index (χ1) is 15.6. The summed E-state index contributed by atoms with van der Waals surface area (Å²) in [6.45, 7) is 4.56. The minimum absolute atomic E-state index is 0.0268. The van der Waals surface area contributed by atoms with Crippen LogP contribution in [0.3, 0.4) is 0 Å². The highest BCUT2D eigenvalue weighted by Crippen LogP contribution is 2.30. The molecule has 33 heavy (non-hydrogen) atoms. The van der Waals surface area contributed by atoms with Crippen molar-refractivity contribution >= 4 is 29.2 Å². The Labute approximate surface area is 195 Å². The van der Waals surface area contributed by atoms with Gasteiger partial charge in [0, 0.05) is 31.9 Å². The normalized spacial score (nSPS) is 20.7. The zero-order valence-electron chi connectivity index (χ0n) is 20.1. The average Bonchev–Trinajstić information content (AvgIpc) is 3.34. The molecule has 3 unspecified atom stereocenters. The fourth-order valence-electron chi connectivity index (χ4n) is 4.69. The molecule has 3 amide bonds. The summed E-state index contributed by atoms with van der Waals surface area (Å²) >= 11 is 0. The molecule has 0 bridgehead atoms. The maximum atomic E-state index is 13.5. The van der Waals surface area contributed by atoms with Gasteiger partial charge >= 0.3 is 0 Å². The summed E-state index contributed by atoms with van der Waals surface area (Å²) in [5, 5.41) is 5.72. The smallest absolute Gasteiger partial charge is 0.251 e. The van der Waals surface area contributed by atoms with E-state index in [0.717, 1.165) is 5.69 Å². The molecule has 3 atom stereocenters. The van der Waals surface area contributed by atoms with Gasteiger partial charge in [-0.2, -0.15) is 0 Å². The molecule has 1 aromatic rings. The third-order valence-electron chi connectivity index (χ3n) is 6.31. The summed E-state index contributed by atoms with van der Waals surface area (Å²) in [7, 11) is 5.53. The summed E-state index contributed by atoms with van der Waals surface area (Å²) < 4.78 is 0. The van der Waals surface area contributed by atoms with Crippen molar-refractivity contribution in [1.82, 2.24) is 20.4 Å². The van der Waals surface area contributed by atoms with Crippen LogP contribution in [0.4, 0.5) is 5.69 Å². The number of carbonyl (C=O) groups is 4. The van der Waals surface area contributed by atoms with Gasteiger partial charge in [-0.25, -0.2) is 0 Å². The van der Waals surface area contributed by atoms with Crippen LogP contribution in [0.1, 0.15) is 37.0 Å². The van der Waals surface area contributed by atoms with Crippen molar-refractivity contribution in [3.63, 3.8) is 0 Å². The van der Waals surface area contributed by atoms with Crippen molar-refractivity contribution in [3.05, 3.63) is 29.8 Å². The van der Waals surface area contributed by atoms with E-state index in [-0.39, 0.29) is 48.6 Å². The van der Waals surface area contributed by atoms with Crippen LogP contribution in [0.2, 0.25) is 0 Å². The predicted octanol–water partition coefficient (Wildman–Crippen LogP) is 0.497. The van der Waals surface area contributed by atoms with Gasteiger partial charge in [0.05, 0.1) is 19.1 Å². The molecule has 0 saturated carbocycles. The Balaban J connectivity index is 1.75. The summed E-state index contributed by atoms with van der Waals surface area (Å²) in [6.07, 6.45) is 1.02. The molecule has 9 heteroatoms. The number of likely N-dealkylation sites (N-methyl/N-ethyl adjacent to an activating group) is 1. The van der Waals surface area contributed by atoms with Gasteiger partial charge in [-0.15, -0.1) is 0 Å². The van der Waals surface area contributed by atoms with Gasteiger partial charge in [0.1, 0.15) is 12.1 Å². The van der Waals surface area contributed by atoms with Crippen molar-refractivity contribution < 1.29 is 19.2 Å². The zero-order valence-corrected chi connectivity index (χ0v) is 20.1. The predicted molar refractivity (Wildman–Crippen MR) is 126 cm³/mol. The second-order valence-electron chi connectivity index (χ2n) is 9.45. The number of Topliss-reactive ketones (excluding diaryl/α,β-unsaturated/α-hetero) is 1. The fourth-order valence-corrected chi connectivity index (χ4v) is 4.69. The number of benzene rings is 1. The SMILES string of the molecule is CNCC(=O)N1CC(=O)C2C1CCN2C(=O)C(CC(C)C)NC(=O)c1ccc(N(C)C)cc1. The standard InChI is InChI=1S/C24H35N5O4/c1-15(2)12-18(26-23(32)16-6-8-17(9-7-16)27(4)5)24(33)28-11-10-19-22(28)20(30)14-29(19)21(31)13-25-3/h6-9,15,18-19,22,25H,10-14H2,1-5H3,(H,26,32). The van der Waals surface area contributed by atoms with Gasteiger partial charge in [0.2, 0.25) is 11.8 Å². The summed E-state index contributed by atoms with van der Waals surface area (Å²) in [5.74, 6) is -0.670.